The topological polar surface area (TPSA) is 49.5 Å². The maximum atomic E-state index is 11.1. The Hall–Kier alpha value is -1.16. The third-order valence-corrected chi connectivity index (χ3v) is 2.31. The van der Waals surface area contributed by atoms with Crippen molar-refractivity contribution in [1.29, 1.82) is 0 Å². The summed E-state index contributed by atoms with van der Waals surface area (Å²) in [5.74, 6) is 0. The predicted molar refractivity (Wildman–Crippen MR) is 57.2 cm³/mol. The van der Waals surface area contributed by atoms with E-state index in [1.165, 1.54) is 5.57 Å². The van der Waals surface area contributed by atoms with E-state index in [0.29, 0.717) is 13.2 Å². The fourth-order valence-electron chi connectivity index (χ4n) is 1.36. The summed E-state index contributed by atoms with van der Waals surface area (Å²) in [6.45, 7) is 3.39. The monoisotopic (exact) mass is 212 g/mol. The average molecular weight is 212 g/mol. The number of carbonyl (C=O) groups is 1. The highest BCUT2D eigenvalue weighted by molar-refractivity contribution is 5.74. The fourth-order valence-corrected chi connectivity index (χ4v) is 1.36. The number of aliphatic hydroxyl groups excluding tert-OH is 1. The van der Waals surface area contributed by atoms with E-state index >= 15 is 0 Å². The van der Waals surface area contributed by atoms with Crippen molar-refractivity contribution in [3.63, 3.8) is 0 Å². The van der Waals surface area contributed by atoms with Gasteiger partial charge in [0.1, 0.15) is 0 Å². The van der Waals surface area contributed by atoms with Gasteiger partial charge in [0.25, 0.3) is 0 Å². The molecule has 0 aromatic heterocycles. The number of cyclic esters (lactones) is 1. The van der Waals surface area contributed by atoms with Crippen molar-refractivity contribution in [2.24, 2.45) is 0 Å². The van der Waals surface area contributed by atoms with Gasteiger partial charge in [-0.1, -0.05) is 5.57 Å². The molecule has 84 valence electrons. The number of carbonyl (C=O) groups excluding carboxylic acids is 1. The summed E-state index contributed by atoms with van der Waals surface area (Å²) >= 11 is 0. The standard InChI is InChI=1S/C11H18NO3/c1-10(4-2-3-8-13)5-6-12-7-9-15-11(12)14/h5-6,13H,2-4,7-9H2,1H3/q+1/b10-5+,12-6+. The smallest absolute Gasteiger partial charge is 0.405 e. The van der Waals surface area contributed by atoms with Crippen LogP contribution in [-0.2, 0) is 4.74 Å². The molecule has 0 aromatic rings. The zero-order valence-electron chi connectivity index (χ0n) is 9.11. The molecule has 0 unspecified atom stereocenters. The maximum Gasteiger partial charge on any atom is 0.596 e. The van der Waals surface area contributed by atoms with Crippen molar-refractivity contribution in [2.75, 3.05) is 19.8 Å². The van der Waals surface area contributed by atoms with Gasteiger partial charge < -0.3 is 9.84 Å². The van der Waals surface area contributed by atoms with Crippen LogP contribution in [-0.4, -0.2) is 41.7 Å². The van der Waals surface area contributed by atoms with Gasteiger partial charge in [-0.25, -0.2) is 0 Å². The molecule has 0 radical (unpaired) electrons. The Morgan fingerprint density at radius 2 is 2.40 bits per heavy atom. The Morgan fingerprint density at radius 3 is 3.00 bits per heavy atom. The van der Waals surface area contributed by atoms with E-state index in [-0.39, 0.29) is 12.7 Å². The van der Waals surface area contributed by atoms with Crippen LogP contribution in [0, 0.1) is 0 Å². The van der Waals surface area contributed by atoms with Crippen molar-refractivity contribution in [3.8, 4) is 0 Å². The summed E-state index contributed by atoms with van der Waals surface area (Å²) in [4.78, 5) is 11.1. The van der Waals surface area contributed by atoms with Crippen LogP contribution in [0.4, 0.5) is 4.79 Å². The first kappa shape index (κ1) is 11.9. The third kappa shape index (κ3) is 4.25. The number of aliphatic hydroxyl groups is 1. The van der Waals surface area contributed by atoms with E-state index in [1.54, 1.807) is 10.8 Å². The van der Waals surface area contributed by atoms with E-state index in [9.17, 15) is 4.79 Å². The van der Waals surface area contributed by atoms with E-state index in [2.05, 4.69) is 0 Å². The minimum atomic E-state index is -0.269. The average Bonchev–Trinajstić information content (AvgIpc) is 2.61. The first-order valence-electron chi connectivity index (χ1n) is 5.29. The quantitative estimate of drug-likeness (QED) is 0.552. The number of hydrogen-bond donors (Lipinski definition) is 1. The molecule has 1 amide bonds. The van der Waals surface area contributed by atoms with Gasteiger partial charge >= 0.3 is 6.09 Å². The molecule has 1 N–H and O–H groups in total. The van der Waals surface area contributed by atoms with Crippen LogP contribution in [0.1, 0.15) is 26.2 Å². The van der Waals surface area contributed by atoms with Crippen molar-refractivity contribution in [3.05, 3.63) is 11.6 Å². The Morgan fingerprint density at radius 1 is 1.60 bits per heavy atom. The minimum Gasteiger partial charge on any atom is -0.405 e. The molecule has 1 heterocycles. The van der Waals surface area contributed by atoms with Gasteiger partial charge in [0.05, 0.1) is 0 Å². The normalized spacial score (nSPS) is 19.7. The molecule has 1 saturated heterocycles. The van der Waals surface area contributed by atoms with Crippen molar-refractivity contribution in [2.45, 2.75) is 26.2 Å². The van der Waals surface area contributed by atoms with Crippen LogP contribution in [0.15, 0.2) is 11.6 Å². The van der Waals surface area contributed by atoms with Gasteiger partial charge in [-0.3, -0.25) is 0 Å². The first-order valence-corrected chi connectivity index (χ1v) is 5.29. The molecule has 1 rings (SSSR count). The lowest BCUT2D eigenvalue weighted by Crippen LogP contribution is -2.12. The number of hydrogen-bond acceptors (Lipinski definition) is 3. The zero-order valence-corrected chi connectivity index (χ0v) is 9.11. The van der Waals surface area contributed by atoms with Crippen LogP contribution in [0.2, 0.25) is 0 Å². The molecule has 15 heavy (non-hydrogen) atoms. The summed E-state index contributed by atoms with van der Waals surface area (Å²) in [6, 6.07) is 0. The summed E-state index contributed by atoms with van der Waals surface area (Å²) < 4.78 is 6.35. The molecule has 4 nitrogen and oxygen atoms in total. The second-order valence-corrected chi connectivity index (χ2v) is 3.65. The van der Waals surface area contributed by atoms with E-state index < -0.39 is 0 Å². The number of allylic oxidation sites excluding steroid dienone is 2. The van der Waals surface area contributed by atoms with Crippen LogP contribution in [0.5, 0.6) is 0 Å². The maximum absolute atomic E-state index is 11.1. The molecular weight excluding hydrogens is 194 g/mol. The van der Waals surface area contributed by atoms with Crippen LogP contribution in [0.3, 0.4) is 0 Å². The van der Waals surface area contributed by atoms with Gasteiger partial charge in [0, 0.05) is 12.7 Å². The van der Waals surface area contributed by atoms with E-state index in [1.807, 2.05) is 13.0 Å². The number of amides is 1. The molecule has 0 aliphatic carbocycles. The molecule has 0 bridgehead atoms. The number of nitrogens with zero attached hydrogens (tertiary/aromatic N) is 1. The van der Waals surface area contributed by atoms with Crippen LogP contribution in [0.25, 0.3) is 0 Å². The zero-order chi connectivity index (χ0) is 11.1. The number of ether oxygens (including phenoxy) is 1. The van der Waals surface area contributed by atoms with Gasteiger partial charge in [0.15, 0.2) is 19.4 Å². The van der Waals surface area contributed by atoms with Gasteiger partial charge in [-0.05, 0) is 26.2 Å². The molecule has 0 saturated carbocycles. The molecule has 1 aliphatic rings. The predicted octanol–water partition coefficient (Wildman–Crippen LogP) is 1.33. The molecule has 0 aromatic carbocycles. The van der Waals surface area contributed by atoms with Gasteiger partial charge in [-0.15, -0.1) is 4.58 Å². The van der Waals surface area contributed by atoms with Crippen molar-refractivity contribution in [1.82, 2.24) is 0 Å². The molecular formula is C11H18NO3+. The summed E-state index contributed by atoms with van der Waals surface area (Å²) in [7, 11) is 0. The van der Waals surface area contributed by atoms with Gasteiger partial charge in [-0.2, -0.15) is 4.79 Å². The van der Waals surface area contributed by atoms with Crippen molar-refractivity contribution < 1.29 is 19.2 Å². The second-order valence-electron chi connectivity index (χ2n) is 3.65. The van der Waals surface area contributed by atoms with Crippen LogP contribution >= 0.6 is 0 Å². The Balaban J connectivity index is 2.38. The highest BCUT2D eigenvalue weighted by atomic mass is 16.6. The lowest BCUT2D eigenvalue weighted by atomic mass is 10.1. The largest absolute Gasteiger partial charge is 0.596 e. The fraction of sp³-hybridized carbons (Fsp3) is 0.636. The molecule has 1 aliphatic heterocycles. The number of unbranched alkanes of at least 4 members (excludes halogenated alkanes) is 1. The highest BCUT2D eigenvalue weighted by Gasteiger charge is 2.26. The summed E-state index contributed by atoms with van der Waals surface area (Å²) in [6.07, 6.45) is 6.20. The molecule has 1 fully saturated rings. The van der Waals surface area contributed by atoms with E-state index in [4.69, 9.17) is 9.84 Å². The SMILES string of the molecule is C/C(=C\C=[N+]1/CCOC1=O)CCCCO. The van der Waals surface area contributed by atoms with Crippen LogP contribution < -0.4 is 0 Å². The molecule has 0 spiro atoms. The lowest BCUT2D eigenvalue weighted by Gasteiger charge is -1.96. The third-order valence-electron chi connectivity index (χ3n) is 2.31. The second kappa shape index (κ2) is 6.35. The highest BCUT2D eigenvalue weighted by Crippen LogP contribution is 2.05. The lowest BCUT2D eigenvalue weighted by molar-refractivity contribution is -0.407. The first-order chi connectivity index (χ1) is 7.24. The molecule has 0 atom stereocenters. The molecule has 4 heteroatoms. The van der Waals surface area contributed by atoms with Gasteiger partial charge in [0.2, 0.25) is 0 Å². The van der Waals surface area contributed by atoms with Crippen molar-refractivity contribution >= 4 is 12.3 Å². The summed E-state index contributed by atoms with van der Waals surface area (Å²) in [5.41, 5.74) is 1.21. The number of rotatable bonds is 5. The minimum absolute atomic E-state index is 0.245. The Bertz CT molecular complexity index is 282. The Kier molecular flexibility index (Phi) is 5.04. The van der Waals surface area contributed by atoms with E-state index in [0.717, 1.165) is 19.3 Å². The summed E-state index contributed by atoms with van der Waals surface area (Å²) in [5, 5.41) is 8.62. The Labute approximate surface area is 89.9 Å².